The van der Waals surface area contributed by atoms with Crippen molar-refractivity contribution in [1.29, 1.82) is 5.26 Å². The number of methoxy groups -OCH3 is 2. The van der Waals surface area contributed by atoms with Gasteiger partial charge in [-0.3, -0.25) is 4.79 Å². The molecule has 1 rings (SSSR count). The number of carbonyl (C=O) groups excluding carboxylic acids is 1. The molecular weight excluding hydrogens is 218 g/mol. The zero-order valence-electron chi connectivity index (χ0n) is 10.2. The third-order valence-corrected chi connectivity index (χ3v) is 2.58. The topological polar surface area (TPSA) is 59.3 Å². The molecule has 4 nitrogen and oxygen atoms in total. The van der Waals surface area contributed by atoms with Crippen molar-refractivity contribution in [2.45, 2.75) is 19.8 Å². The van der Waals surface area contributed by atoms with Crippen LogP contribution >= 0.6 is 0 Å². The van der Waals surface area contributed by atoms with E-state index in [0.717, 1.165) is 11.1 Å². The Bertz CT molecular complexity index is 460. The van der Waals surface area contributed by atoms with Gasteiger partial charge in [-0.2, -0.15) is 5.26 Å². The number of ether oxygens (including phenoxy) is 2. The Morgan fingerprint density at radius 1 is 1.41 bits per heavy atom. The van der Waals surface area contributed by atoms with Gasteiger partial charge in [0.05, 0.1) is 32.3 Å². The minimum atomic E-state index is -0.324. The minimum Gasteiger partial charge on any atom is -0.496 e. The second kappa shape index (κ2) is 5.90. The first-order valence-electron chi connectivity index (χ1n) is 5.33. The van der Waals surface area contributed by atoms with Gasteiger partial charge in [-0.1, -0.05) is 13.0 Å². The van der Waals surface area contributed by atoms with Crippen LogP contribution in [0.3, 0.4) is 0 Å². The summed E-state index contributed by atoms with van der Waals surface area (Å²) in [5.74, 6) is 0.284. The highest BCUT2D eigenvalue weighted by atomic mass is 16.5. The number of nitriles is 1. The zero-order chi connectivity index (χ0) is 12.8. The van der Waals surface area contributed by atoms with E-state index in [1.54, 1.807) is 12.1 Å². The fourth-order valence-electron chi connectivity index (χ4n) is 1.75. The third kappa shape index (κ3) is 2.76. The zero-order valence-corrected chi connectivity index (χ0v) is 10.2. The molecule has 0 atom stereocenters. The number of hydrogen-bond donors (Lipinski definition) is 0. The molecule has 0 fully saturated rings. The van der Waals surface area contributed by atoms with E-state index < -0.39 is 0 Å². The van der Waals surface area contributed by atoms with Crippen molar-refractivity contribution in [1.82, 2.24) is 0 Å². The van der Waals surface area contributed by atoms with Crippen LogP contribution in [0, 0.1) is 11.3 Å². The molecule has 0 aromatic heterocycles. The number of benzene rings is 1. The van der Waals surface area contributed by atoms with Crippen molar-refractivity contribution in [2.24, 2.45) is 0 Å². The summed E-state index contributed by atoms with van der Waals surface area (Å²) < 4.78 is 9.92. The van der Waals surface area contributed by atoms with Crippen molar-refractivity contribution >= 4 is 5.97 Å². The molecule has 0 aliphatic rings. The van der Waals surface area contributed by atoms with Crippen LogP contribution in [0.2, 0.25) is 0 Å². The van der Waals surface area contributed by atoms with Crippen molar-refractivity contribution in [2.75, 3.05) is 14.2 Å². The first-order chi connectivity index (χ1) is 8.17. The van der Waals surface area contributed by atoms with E-state index in [-0.39, 0.29) is 12.4 Å². The molecule has 0 aliphatic carbocycles. The van der Waals surface area contributed by atoms with Gasteiger partial charge in [0.1, 0.15) is 5.75 Å². The molecule has 0 bridgehead atoms. The predicted molar refractivity (Wildman–Crippen MR) is 62.8 cm³/mol. The van der Waals surface area contributed by atoms with E-state index in [1.807, 2.05) is 6.92 Å². The molecular formula is C13H15NO3. The van der Waals surface area contributed by atoms with Crippen LogP contribution in [0.4, 0.5) is 0 Å². The minimum absolute atomic E-state index is 0.151. The Morgan fingerprint density at radius 3 is 2.59 bits per heavy atom. The van der Waals surface area contributed by atoms with Crippen LogP contribution in [0.5, 0.6) is 5.75 Å². The van der Waals surface area contributed by atoms with Gasteiger partial charge < -0.3 is 9.47 Å². The quantitative estimate of drug-likeness (QED) is 0.744. The molecule has 1 aromatic carbocycles. The molecule has 0 N–H and O–H groups in total. The summed E-state index contributed by atoms with van der Waals surface area (Å²) >= 11 is 0. The average Bonchev–Trinajstić information content (AvgIpc) is 2.37. The second-order valence-corrected chi connectivity index (χ2v) is 3.50. The normalized spacial score (nSPS) is 9.53. The number of rotatable bonds is 4. The molecule has 0 saturated heterocycles. The average molecular weight is 233 g/mol. The Balaban J connectivity index is 3.24. The first-order valence-corrected chi connectivity index (χ1v) is 5.33. The van der Waals surface area contributed by atoms with Crippen molar-refractivity contribution in [3.05, 3.63) is 28.8 Å². The van der Waals surface area contributed by atoms with Gasteiger partial charge in [0.25, 0.3) is 0 Å². The number of hydrogen-bond acceptors (Lipinski definition) is 4. The molecule has 0 spiro atoms. The van der Waals surface area contributed by atoms with Gasteiger partial charge in [0.15, 0.2) is 0 Å². The Hall–Kier alpha value is -2.02. The lowest BCUT2D eigenvalue weighted by molar-refractivity contribution is -0.139. The summed E-state index contributed by atoms with van der Waals surface area (Å²) in [7, 11) is 2.88. The Labute approximate surface area is 101 Å². The van der Waals surface area contributed by atoms with Crippen LogP contribution in [0.15, 0.2) is 12.1 Å². The molecule has 17 heavy (non-hydrogen) atoms. The van der Waals surface area contributed by atoms with Gasteiger partial charge >= 0.3 is 5.97 Å². The van der Waals surface area contributed by atoms with Gasteiger partial charge in [-0.25, -0.2) is 0 Å². The lowest BCUT2D eigenvalue weighted by Gasteiger charge is -2.13. The molecule has 90 valence electrons. The molecule has 0 aliphatic heterocycles. The molecule has 0 heterocycles. The number of esters is 1. The van der Waals surface area contributed by atoms with E-state index >= 15 is 0 Å². The molecule has 0 unspecified atom stereocenters. The third-order valence-electron chi connectivity index (χ3n) is 2.58. The first kappa shape index (κ1) is 13.0. The van der Waals surface area contributed by atoms with E-state index in [2.05, 4.69) is 10.8 Å². The summed E-state index contributed by atoms with van der Waals surface area (Å²) in [6.45, 7) is 1.95. The standard InChI is InChI=1S/C13H15NO3/c1-4-11-10(8-14)6-5-9(13(11)17-3)7-12(15)16-2/h5-6H,4,7H2,1-3H3. The summed E-state index contributed by atoms with van der Waals surface area (Å²) in [5, 5.41) is 8.99. The molecule has 4 heteroatoms. The maximum absolute atomic E-state index is 11.3. The van der Waals surface area contributed by atoms with Crippen LogP contribution < -0.4 is 4.74 Å². The molecule has 1 aromatic rings. The van der Waals surface area contributed by atoms with Crippen molar-refractivity contribution < 1.29 is 14.3 Å². The monoisotopic (exact) mass is 233 g/mol. The second-order valence-electron chi connectivity index (χ2n) is 3.50. The number of carbonyl (C=O) groups is 1. The van der Waals surface area contributed by atoms with E-state index in [4.69, 9.17) is 10.00 Å². The SMILES string of the molecule is CCc1c(C#N)ccc(CC(=O)OC)c1OC. The summed E-state index contributed by atoms with van der Waals surface area (Å²) in [6.07, 6.45) is 0.833. The summed E-state index contributed by atoms with van der Waals surface area (Å²) in [5.41, 5.74) is 2.16. The highest BCUT2D eigenvalue weighted by Gasteiger charge is 2.15. The lowest BCUT2D eigenvalue weighted by Crippen LogP contribution is -2.07. The Kier molecular flexibility index (Phi) is 4.53. The highest BCUT2D eigenvalue weighted by molar-refractivity contribution is 5.74. The van der Waals surface area contributed by atoms with Gasteiger partial charge in [-0.15, -0.1) is 0 Å². The molecule has 0 saturated carbocycles. The molecule has 0 amide bonds. The number of nitrogens with zero attached hydrogens (tertiary/aromatic N) is 1. The van der Waals surface area contributed by atoms with Gasteiger partial charge in [0.2, 0.25) is 0 Å². The maximum atomic E-state index is 11.3. The smallest absolute Gasteiger partial charge is 0.310 e. The maximum Gasteiger partial charge on any atom is 0.310 e. The fraction of sp³-hybridized carbons (Fsp3) is 0.385. The summed E-state index contributed by atoms with van der Waals surface area (Å²) in [6, 6.07) is 5.56. The fourth-order valence-corrected chi connectivity index (χ4v) is 1.75. The molecule has 0 radical (unpaired) electrons. The summed E-state index contributed by atoms with van der Waals surface area (Å²) in [4.78, 5) is 11.3. The van der Waals surface area contributed by atoms with Crippen molar-refractivity contribution in [3.8, 4) is 11.8 Å². The lowest BCUT2D eigenvalue weighted by atomic mass is 9.99. The van der Waals surface area contributed by atoms with Crippen LogP contribution in [0.1, 0.15) is 23.6 Å². The Morgan fingerprint density at radius 2 is 2.12 bits per heavy atom. The predicted octanol–water partition coefficient (Wildman–Crippen LogP) is 1.84. The van der Waals surface area contributed by atoms with Gasteiger partial charge in [0, 0.05) is 11.1 Å². The van der Waals surface area contributed by atoms with Crippen LogP contribution in [-0.4, -0.2) is 20.2 Å². The van der Waals surface area contributed by atoms with Crippen LogP contribution in [0.25, 0.3) is 0 Å². The van der Waals surface area contributed by atoms with Gasteiger partial charge in [-0.05, 0) is 12.5 Å². The highest BCUT2D eigenvalue weighted by Crippen LogP contribution is 2.28. The van der Waals surface area contributed by atoms with Crippen LogP contribution in [-0.2, 0) is 22.4 Å². The van der Waals surface area contributed by atoms with E-state index in [0.29, 0.717) is 17.7 Å². The van der Waals surface area contributed by atoms with E-state index in [9.17, 15) is 4.79 Å². The van der Waals surface area contributed by atoms with E-state index in [1.165, 1.54) is 14.2 Å². The largest absolute Gasteiger partial charge is 0.496 e. The van der Waals surface area contributed by atoms with Crippen molar-refractivity contribution in [3.63, 3.8) is 0 Å².